The van der Waals surface area contributed by atoms with Gasteiger partial charge in [-0.1, -0.05) is 23.2 Å². The highest BCUT2D eigenvalue weighted by molar-refractivity contribution is 7.16. The number of halogens is 3. The van der Waals surface area contributed by atoms with Gasteiger partial charge in [-0.2, -0.15) is 4.98 Å². The number of thiophene rings is 1. The Morgan fingerprint density at radius 1 is 1.05 bits per heavy atom. The van der Waals surface area contributed by atoms with Crippen molar-refractivity contribution in [2.75, 3.05) is 5.32 Å². The minimum Gasteiger partial charge on any atom is -0.338 e. The topological polar surface area (TPSA) is 37.8 Å². The zero-order chi connectivity index (χ0) is 13.4. The largest absolute Gasteiger partial charge is 0.338 e. The maximum atomic E-state index is 6.12. The number of aromatic nitrogens is 2. The van der Waals surface area contributed by atoms with Gasteiger partial charge in [0, 0.05) is 5.02 Å². The fourth-order valence-corrected chi connectivity index (χ4v) is 3.08. The Hall–Kier alpha value is -1.07. The predicted molar refractivity (Wildman–Crippen MR) is 82.2 cm³/mol. The lowest BCUT2D eigenvalue weighted by molar-refractivity contribution is 1.23. The van der Waals surface area contributed by atoms with Crippen LogP contribution in [-0.4, -0.2) is 9.97 Å². The second-order valence-electron chi connectivity index (χ2n) is 3.73. The van der Waals surface area contributed by atoms with E-state index in [4.69, 9.17) is 34.8 Å². The van der Waals surface area contributed by atoms with Crippen LogP contribution in [0.2, 0.25) is 15.3 Å². The van der Waals surface area contributed by atoms with E-state index in [2.05, 4.69) is 15.3 Å². The first kappa shape index (κ1) is 12.9. The standard InChI is InChI=1S/C12H6Cl3N3S/c13-6-1-2-9(8(14)5-6)16-10-7-3-4-19-11(7)18-12(15)17-10/h1-5H,(H,16,17,18). The van der Waals surface area contributed by atoms with Crippen molar-refractivity contribution >= 4 is 67.9 Å². The molecule has 0 atom stereocenters. The van der Waals surface area contributed by atoms with Crippen molar-refractivity contribution in [1.29, 1.82) is 0 Å². The van der Waals surface area contributed by atoms with Gasteiger partial charge in [0.15, 0.2) is 0 Å². The average molecular weight is 331 g/mol. The van der Waals surface area contributed by atoms with Crippen LogP contribution in [0, 0.1) is 0 Å². The number of hydrogen-bond donors (Lipinski definition) is 1. The van der Waals surface area contributed by atoms with E-state index in [1.54, 1.807) is 18.2 Å². The van der Waals surface area contributed by atoms with Crippen molar-refractivity contribution in [2.45, 2.75) is 0 Å². The summed E-state index contributed by atoms with van der Waals surface area (Å²) < 4.78 is 0. The van der Waals surface area contributed by atoms with Crippen LogP contribution in [0.15, 0.2) is 29.6 Å². The molecule has 7 heteroatoms. The average Bonchev–Trinajstić information content (AvgIpc) is 2.80. The molecule has 1 aromatic carbocycles. The fourth-order valence-electron chi connectivity index (χ4n) is 1.64. The summed E-state index contributed by atoms with van der Waals surface area (Å²) in [6.07, 6.45) is 0. The smallest absolute Gasteiger partial charge is 0.225 e. The molecule has 0 aliphatic carbocycles. The summed E-state index contributed by atoms with van der Waals surface area (Å²) in [6.45, 7) is 0. The highest BCUT2D eigenvalue weighted by Crippen LogP contribution is 2.32. The lowest BCUT2D eigenvalue weighted by atomic mass is 10.3. The zero-order valence-electron chi connectivity index (χ0n) is 9.32. The zero-order valence-corrected chi connectivity index (χ0v) is 12.4. The van der Waals surface area contributed by atoms with Gasteiger partial charge < -0.3 is 5.32 Å². The Kier molecular flexibility index (Phi) is 3.50. The molecule has 0 unspecified atom stereocenters. The lowest BCUT2D eigenvalue weighted by Gasteiger charge is -2.09. The van der Waals surface area contributed by atoms with Crippen molar-refractivity contribution < 1.29 is 0 Å². The Morgan fingerprint density at radius 2 is 1.89 bits per heavy atom. The van der Waals surface area contributed by atoms with Gasteiger partial charge in [0.25, 0.3) is 0 Å². The van der Waals surface area contributed by atoms with Gasteiger partial charge in [0.1, 0.15) is 10.6 Å². The first-order chi connectivity index (χ1) is 9.13. The van der Waals surface area contributed by atoms with E-state index in [-0.39, 0.29) is 5.28 Å². The minimum atomic E-state index is 0.197. The minimum absolute atomic E-state index is 0.197. The van der Waals surface area contributed by atoms with E-state index in [0.29, 0.717) is 21.6 Å². The van der Waals surface area contributed by atoms with Crippen LogP contribution in [0.3, 0.4) is 0 Å². The van der Waals surface area contributed by atoms with Gasteiger partial charge in [-0.25, -0.2) is 4.98 Å². The summed E-state index contributed by atoms with van der Waals surface area (Å²) in [5.41, 5.74) is 0.716. The number of rotatable bonds is 2. The molecule has 19 heavy (non-hydrogen) atoms. The van der Waals surface area contributed by atoms with Crippen LogP contribution in [0.5, 0.6) is 0 Å². The van der Waals surface area contributed by atoms with E-state index in [1.807, 2.05) is 11.4 Å². The summed E-state index contributed by atoms with van der Waals surface area (Å²) in [5.74, 6) is 0.625. The maximum absolute atomic E-state index is 6.12. The molecule has 1 N–H and O–H groups in total. The number of benzene rings is 1. The highest BCUT2D eigenvalue weighted by atomic mass is 35.5. The third-order valence-corrected chi connectivity index (χ3v) is 4.01. The molecule has 3 aromatic rings. The Morgan fingerprint density at radius 3 is 2.68 bits per heavy atom. The van der Waals surface area contributed by atoms with Gasteiger partial charge in [-0.15, -0.1) is 11.3 Å². The number of nitrogens with zero attached hydrogens (tertiary/aromatic N) is 2. The Labute approximate surface area is 128 Å². The molecule has 0 radical (unpaired) electrons. The van der Waals surface area contributed by atoms with Crippen LogP contribution in [0.4, 0.5) is 11.5 Å². The van der Waals surface area contributed by atoms with Gasteiger partial charge in [-0.3, -0.25) is 0 Å². The number of hydrogen-bond acceptors (Lipinski definition) is 4. The van der Waals surface area contributed by atoms with E-state index >= 15 is 0 Å². The molecule has 96 valence electrons. The molecular weight excluding hydrogens is 325 g/mol. The van der Waals surface area contributed by atoms with Crippen LogP contribution in [0.25, 0.3) is 10.2 Å². The molecule has 0 spiro atoms. The molecule has 3 nitrogen and oxygen atoms in total. The SMILES string of the molecule is Clc1ccc(Nc2nc(Cl)nc3sccc23)c(Cl)c1. The third-order valence-electron chi connectivity index (χ3n) is 2.48. The van der Waals surface area contributed by atoms with Crippen molar-refractivity contribution in [3.63, 3.8) is 0 Å². The van der Waals surface area contributed by atoms with E-state index in [0.717, 1.165) is 10.2 Å². The Balaban J connectivity index is 2.07. The summed E-state index contributed by atoms with van der Waals surface area (Å²) in [4.78, 5) is 9.17. The normalized spacial score (nSPS) is 10.9. The first-order valence-electron chi connectivity index (χ1n) is 5.26. The van der Waals surface area contributed by atoms with E-state index in [1.165, 1.54) is 11.3 Å². The maximum Gasteiger partial charge on any atom is 0.225 e. The van der Waals surface area contributed by atoms with Crippen molar-refractivity contribution in [2.24, 2.45) is 0 Å². The number of anilines is 2. The monoisotopic (exact) mass is 329 g/mol. The van der Waals surface area contributed by atoms with Gasteiger partial charge >= 0.3 is 0 Å². The first-order valence-corrected chi connectivity index (χ1v) is 7.27. The summed E-state index contributed by atoms with van der Waals surface area (Å²) >= 11 is 19.4. The highest BCUT2D eigenvalue weighted by Gasteiger charge is 2.09. The Bertz CT molecular complexity index is 757. The molecule has 3 rings (SSSR count). The van der Waals surface area contributed by atoms with Crippen molar-refractivity contribution in [3.05, 3.63) is 45.0 Å². The molecular formula is C12H6Cl3N3S. The summed E-state index contributed by atoms with van der Waals surface area (Å²) in [7, 11) is 0. The van der Waals surface area contributed by atoms with Crippen LogP contribution >= 0.6 is 46.1 Å². The van der Waals surface area contributed by atoms with Crippen molar-refractivity contribution in [3.8, 4) is 0 Å². The molecule has 0 amide bonds. The number of fused-ring (bicyclic) bond motifs is 1. The predicted octanol–water partition coefficient (Wildman–Crippen LogP) is 5.40. The summed E-state index contributed by atoms with van der Waals surface area (Å²) in [6, 6.07) is 7.14. The molecule has 0 saturated carbocycles. The second kappa shape index (κ2) is 5.13. The molecule has 0 bridgehead atoms. The third kappa shape index (κ3) is 2.62. The molecule has 2 aromatic heterocycles. The summed E-state index contributed by atoms with van der Waals surface area (Å²) in [5, 5.41) is 7.28. The molecule has 0 fully saturated rings. The lowest BCUT2D eigenvalue weighted by Crippen LogP contribution is -1.96. The van der Waals surface area contributed by atoms with Gasteiger partial charge in [-0.05, 0) is 41.2 Å². The molecule has 0 aliphatic rings. The van der Waals surface area contributed by atoms with Gasteiger partial charge in [0.05, 0.1) is 16.1 Å². The molecule has 2 heterocycles. The second-order valence-corrected chi connectivity index (χ2v) is 5.81. The van der Waals surface area contributed by atoms with E-state index < -0.39 is 0 Å². The van der Waals surface area contributed by atoms with Crippen LogP contribution < -0.4 is 5.32 Å². The van der Waals surface area contributed by atoms with Gasteiger partial charge in [0.2, 0.25) is 5.28 Å². The fraction of sp³-hybridized carbons (Fsp3) is 0. The quantitative estimate of drug-likeness (QED) is 0.640. The van der Waals surface area contributed by atoms with Crippen LogP contribution in [0.1, 0.15) is 0 Å². The van der Waals surface area contributed by atoms with Crippen LogP contribution in [-0.2, 0) is 0 Å². The molecule has 0 saturated heterocycles. The molecule has 0 aliphatic heterocycles. The number of nitrogens with one attached hydrogen (secondary N) is 1. The van der Waals surface area contributed by atoms with Crippen molar-refractivity contribution in [1.82, 2.24) is 9.97 Å². The van der Waals surface area contributed by atoms with E-state index in [9.17, 15) is 0 Å².